The van der Waals surface area contributed by atoms with Crippen molar-refractivity contribution in [3.63, 3.8) is 0 Å². The molecule has 0 aromatic heterocycles. The Hall–Kier alpha value is -0.603. The van der Waals surface area contributed by atoms with Gasteiger partial charge in [-0.2, -0.15) is 0 Å². The van der Waals surface area contributed by atoms with Crippen molar-refractivity contribution in [3.05, 3.63) is 35.9 Å². The minimum Gasteiger partial charge on any atom is -0.423 e. The predicted molar refractivity (Wildman–Crippen MR) is 59.7 cm³/mol. The third kappa shape index (κ3) is 3.33. The molecule has 2 unspecified atom stereocenters. The molecule has 0 aliphatic carbocycles. The maximum Gasteiger partial charge on any atom is 0.173 e. The van der Waals surface area contributed by atoms with Crippen molar-refractivity contribution in [1.29, 1.82) is 0 Å². The van der Waals surface area contributed by atoms with E-state index in [1.807, 2.05) is 7.11 Å². The molecular weight excluding hydrogens is 176 g/mol. The van der Waals surface area contributed by atoms with Crippen LogP contribution in [0.4, 0.5) is 0 Å². The van der Waals surface area contributed by atoms with Crippen molar-refractivity contribution in [2.75, 3.05) is 7.11 Å². The van der Waals surface area contributed by atoms with E-state index in [1.165, 1.54) is 11.6 Å². The Morgan fingerprint density at radius 1 is 1.31 bits per heavy atom. The molecular formula is C11H18OSi. The average molecular weight is 194 g/mol. The topological polar surface area (TPSA) is 9.23 Å². The van der Waals surface area contributed by atoms with Crippen LogP contribution in [0.2, 0.25) is 12.6 Å². The van der Waals surface area contributed by atoms with Crippen LogP contribution in [0.25, 0.3) is 0 Å². The van der Waals surface area contributed by atoms with E-state index in [-0.39, 0.29) is 0 Å². The summed E-state index contributed by atoms with van der Waals surface area (Å²) in [4.78, 5) is 0. The zero-order chi connectivity index (χ0) is 9.68. The van der Waals surface area contributed by atoms with E-state index in [0.717, 1.165) is 0 Å². The highest BCUT2D eigenvalue weighted by Crippen LogP contribution is 2.20. The highest BCUT2D eigenvalue weighted by Gasteiger charge is 2.10. The predicted octanol–water partition coefficient (Wildman–Crippen LogP) is 2.79. The SMILES string of the molecule is CO[SiH](C)CC(C)c1ccccc1. The van der Waals surface area contributed by atoms with Crippen LogP contribution < -0.4 is 0 Å². The Morgan fingerprint density at radius 2 is 1.92 bits per heavy atom. The summed E-state index contributed by atoms with van der Waals surface area (Å²) >= 11 is 0. The molecule has 0 spiro atoms. The van der Waals surface area contributed by atoms with Crippen molar-refractivity contribution in [2.24, 2.45) is 0 Å². The lowest BCUT2D eigenvalue weighted by atomic mass is 10.0. The lowest BCUT2D eigenvalue weighted by molar-refractivity contribution is 0.420. The first-order chi connectivity index (χ1) is 6.24. The van der Waals surface area contributed by atoms with E-state index >= 15 is 0 Å². The second-order valence-electron chi connectivity index (χ2n) is 3.59. The summed E-state index contributed by atoms with van der Waals surface area (Å²) in [7, 11) is 0.919. The van der Waals surface area contributed by atoms with Gasteiger partial charge < -0.3 is 4.43 Å². The van der Waals surface area contributed by atoms with Gasteiger partial charge in [0.1, 0.15) is 0 Å². The van der Waals surface area contributed by atoms with Crippen LogP contribution in [0, 0.1) is 0 Å². The average Bonchev–Trinajstić information content (AvgIpc) is 2.19. The van der Waals surface area contributed by atoms with Gasteiger partial charge in [-0.3, -0.25) is 0 Å². The zero-order valence-electron chi connectivity index (χ0n) is 8.66. The molecule has 0 saturated heterocycles. The molecule has 0 aliphatic heterocycles. The smallest absolute Gasteiger partial charge is 0.173 e. The summed E-state index contributed by atoms with van der Waals surface area (Å²) < 4.78 is 5.38. The van der Waals surface area contributed by atoms with Crippen molar-refractivity contribution in [1.82, 2.24) is 0 Å². The summed E-state index contributed by atoms with van der Waals surface area (Å²) in [6.45, 7) is 4.53. The van der Waals surface area contributed by atoms with Gasteiger partial charge in [-0.25, -0.2) is 0 Å². The molecule has 1 aromatic carbocycles. The van der Waals surface area contributed by atoms with Crippen LogP contribution in [0.1, 0.15) is 18.4 Å². The fourth-order valence-corrected chi connectivity index (χ4v) is 2.97. The van der Waals surface area contributed by atoms with Crippen LogP contribution in [0.3, 0.4) is 0 Å². The van der Waals surface area contributed by atoms with Gasteiger partial charge in [-0.1, -0.05) is 37.3 Å². The van der Waals surface area contributed by atoms with Crippen molar-refractivity contribution >= 4 is 9.04 Å². The molecule has 0 N–H and O–H groups in total. The summed E-state index contributed by atoms with van der Waals surface area (Å²) in [6.07, 6.45) is 0. The number of rotatable bonds is 4. The van der Waals surface area contributed by atoms with Crippen LogP contribution in [0.5, 0.6) is 0 Å². The lowest BCUT2D eigenvalue weighted by Gasteiger charge is -2.14. The van der Waals surface area contributed by atoms with Crippen molar-refractivity contribution in [3.8, 4) is 0 Å². The highest BCUT2D eigenvalue weighted by atomic mass is 28.3. The monoisotopic (exact) mass is 194 g/mol. The van der Waals surface area contributed by atoms with E-state index in [2.05, 4.69) is 43.8 Å². The van der Waals surface area contributed by atoms with Gasteiger partial charge >= 0.3 is 0 Å². The van der Waals surface area contributed by atoms with Crippen LogP contribution in [-0.4, -0.2) is 16.2 Å². The van der Waals surface area contributed by atoms with Gasteiger partial charge in [0.25, 0.3) is 0 Å². The van der Waals surface area contributed by atoms with Gasteiger partial charge in [0.05, 0.1) is 0 Å². The summed E-state index contributed by atoms with van der Waals surface area (Å²) in [5.41, 5.74) is 1.43. The van der Waals surface area contributed by atoms with E-state index in [9.17, 15) is 0 Å². The minimum absolute atomic E-state index is 0.641. The van der Waals surface area contributed by atoms with E-state index in [0.29, 0.717) is 5.92 Å². The minimum atomic E-state index is -0.909. The van der Waals surface area contributed by atoms with Gasteiger partial charge in [-0.05, 0) is 24.1 Å². The maximum absolute atomic E-state index is 5.38. The molecule has 2 heteroatoms. The third-order valence-electron chi connectivity index (χ3n) is 2.46. The molecule has 13 heavy (non-hydrogen) atoms. The van der Waals surface area contributed by atoms with Crippen LogP contribution in [-0.2, 0) is 4.43 Å². The first-order valence-corrected chi connectivity index (χ1v) is 7.26. The maximum atomic E-state index is 5.38. The second kappa shape index (κ2) is 5.20. The molecule has 0 saturated carbocycles. The number of hydrogen-bond acceptors (Lipinski definition) is 1. The molecule has 0 bridgehead atoms. The largest absolute Gasteiger partial charge is 0.423 e. The molecule has 0 radical (unpaired) electrons. The van der Waals surface area contributed by atoms with Gasteiger partial charge in [0, 0.05) is 7.11 Å². The molecule has 0 amide bonds. The van der Waals surface area contributed by atoms with E-state index in [4.69, 9.17) is 4.43 Å². The Labute approximate surface area is 82.5 Å². The van der Waals surface area contributed by atoms with Gasteiger partial charge in [0.15, 0.2) is 9.04 Å². The van der Waals surface area contributed by atoms with E-state index < -0.39 is 9.04 Å². The molecule has 0 heterocycles. The molecule has 1 rings (SSSR count). The lowest BCUT2D eigenvalue weighted by Crippen LogP contribution is -2.13. The Kier molecular flexibility index (Phi) is 4.19. The second-order valence-corrected chi connectivity index (χ2v) is 6.16. The quantitative estimate of drug-likeness (QED) is 0.670. The fourth-order valence-electron chi connectivity index (χ4n) is 1.51. The third-order valence-corrected chi connectivity index (χ3v) is 4.63. The Balaban J connectivity index is 2.53. The number of hydrogen-bond donors (Lipinski definition) is 0. The van der Waals surface area contributed by atoms with Crippen LogP contribution >= 0.6 is 0 Å². The molecule has 72 valence electrons. The fraction of sp³-hybridized carbons (Fsp3) is 0.455. The molecule has 1 aromatic rings. The van der Waals surface area contributed by atoms with Crippen molar-refractivity contribution < 1.29 is 4.43 Å². The first kappa shape index (κ1) is 10.5. The summed E-state index contributed by atoms with van der Waals surface area (Å²) in [6, 6.07) is 11.9. The standard InChI is InChI=1S/C11H18OSi/c1-10(9-13(3)12-2)11-7-5-4-6-8-11/h4-8,10,13H,9H2,1-3H3. The molecule has 0 aliphatic rings. The number of benzene rings is 1. The van der Waals surface area contributed by atoms with Gasteiger partial charge in [0.2, 0.25) is 0 Å². The molecule has 0 fully saturated rings. The Morgan fingerprint density at radius 3 is 2.46 bits per heavy atom. The summed E-state index contributed by atoms with van der Waals surface area (Å²) in [5, 5.41) is 0. The van der Waals surface area contributed by atoms with Crippen LogP contribution in [0.15, 0.2) is 30.3 Å². The van der Waals surface area contributed by atoms with E-state index in [1.54, 1.807) is 0 Å². The Bertz CT molecular complexity index is 235. The molecule has 1 nitrogen and oxygen atoms in total. The zero-order valence-corrected chi connectivity index (χ0v) is 9.81. The van der Waals surface area contributed by atoms with Crippen molar-refractivity contribution in [2.45, 2.75) is 25.4 Å². The van der Waals surface area contributed by atoms with Gasteiger partial charge in [-0.15, -0.1) is 0 Å². The summed E-state index contributed by atoms with van der Waals surface area (Å²) in [5.74, 6) is 0.641. The first-order valence-electron chi connectivity index (χ1n) is 4.81. The molecule has 2 atom stereocenters. The highest BCUT2D eigenvalue weighted by molar-refractivity contribution is 6.50. The normalized spacial score (nSPS) is 15.3.